The zero-order valence-corrected chi connectivity index (χ0v) is 17.6. The molecule has 2 aliphatic rings. The first-order chi connectivity index (χ1) is 14.0. The molecule has 0 radical (unpaired) electrons. The van der Waals surface area contributed by atoms with Crippen molar-refractivity contribution in [1.29, 1.82) is 0 Å². The predicted octanol–water partition coefficient (Wildman–Crippen LogP) is 2.73. The van der Waals surface area contributed by atoms with Gasteiger partial charge in [0.2, 0.25) is 5.91 Å². The third-order valence-corrected chi connectivity index (χ3v) is 6.10. The summed E-state index contributed by atoms with van der Waals surface area (Å²) in [5.41, 5.74) is 4.51. The van der Waals surface area contributed by atoms with Crippen LogP contribution in [0.4, 0.5) is 0 Å². The molecule has 0 spiro atoms. The van der Waals surface area contributed by atoms with Gasteiger partial charge in [0.15, 0.2) is 0 Å². The molecular weight excluding hydrogens is 364 g/mol. The minimum absolute atomic E-state index is 0.179. The van der Waals surface area contributed by atoms with E-state index in [1.807, 2.05) is 36.2 Å². The van der Waals surface area contributed by atoms with Gasteiger partial charge in [-0.15, -0.1) is 0 Å². The Morgan fingerprint density at radius 1 is 1.31 bits per heavy atom. The van der Waals surface area contributed by atoms with Crippen molar-refractivity contribution in [1.82, 2.24) is 19.8 Å². The van der Waals surface area contributed by atoms with Gasteiger partial charge in [-0.05, 0) is 44.0 Å². The lowest BCUT2D eigenvalue weighted by Gasteiger charge is -2.33. The Labute approximate surface area is 172 Å². The third-order valence-electron chi connectivity index (χ3n) is 6.10. The SMILES string of the molecule is COc1ccc(CC(=O)N2CCC[C@@H](c3ncc4c(n3)CCN(C)C4)C2)cc1C. The van der Waals surface area contributed by atoms with Crippen LogP contribution in [0.5, 0.6) is 5.75 Å². The molecule has 6 nitrogen and oxygen atoms in total. The van der Waals surface area contributed by atoms with Gasteiger partial charge >= 0.3 is 0 Å². The molecule has 4 rings (SSSR count). The summed E-state index contributed by atoms with van der Waals surface area (Å²) in [5.74, 6) is 2.18. The summed E-state index contributed by atoms with van der Waals surface area (Å²) < 4.78 is 5.32. The van der Waals surface area contributed by atoms with Crippen molar-refractivity contribution in [2.45, 2.75) is 45.1 Å². The Morgan fingerprint density at radius 2 is 2.17 bits per heavy atom. The summed E-state index contributed by atoms with van der Waals surface area (Å²) in [6.45, 7) is 5.51. The monoisotopic (exact) mass is 394 g/mol. The molecule has 29 heavy (non-hydrogen) atoms. The number of hydrogen-bond donors (Lipinski definition) is 0. The minimum atomic E-state index is 0.179. The van der Waals surface area contributed by atoms with Crippen molar-refractivity contribution in [2.24, 2.45) is 0 Å². The molecule has 1 saturated heterocycles. The standard InChI is InChI=1S/C23H30N4O2/c1-16-11-17(6-7-21(16)29-3)12-22(28)27-9-4-5-18(15-27)23-24-13-19-14-26(2)10-8-20(19)25-23/h6-7,11,13,18H,4-5,8-10,12,14-15H2,1-3H3/t18-/m1/s1. The number of rotatable bonds is 4. The Balaban J connectivity index is 1.43. The molecule has 0 unspecified atom stereocenters. The summed E-state index contributed by atoms with van der Waals surface area (Å²) in [5, 5.41) is 0. The Bertz CT molecular complexity index is 898. The van der Waals surface area contributed by atoms with E-state index in [2.05, 4.69) is 16.9 Å². The van der Waals surface area contributed by atoms with E-state index in [0.717, 1.165) is 61.6 Å². The van der Waals surface area contributed by atoms with Crippen molar-refractivity contribution in [3.8, 4) is 5.75 Å². The molecule has 0 aliphatic carbocycles. The van der Waals surface area contributed by atoms with Crippen LogP contribution in [0.25, 0.3) is 0 Å². The fourth-order valence-corrected chi connectivity index (χ4v) is 4.42. The van der Waals surface area contributed by atoms with Crippen LogP contribution in [-0.4, -0.2) is 59.5 Å². The number of fused-ring (bicyclic) bond motifs is 1. The number of carbonyl (C=O) groups excluding carboxylic acids is 1. The first-order valence-electron chi connectivity index (χ1n) is 10.5. The van der Waals surface area contributed by atoms with Crippen molar-refractivity contribution >= 4 is 5.91 Å². The average molecular weight is 395 g/mol. The van der Waals surface area contributed by atoms with E-state index in [4.69, 9.17) is 9.72 Å². The van der Waals surface area contributed by atoms with Gasteiger partial charge in [-0.25, -0.2) is 9.97 Å². The molecule has 3 heterocycles. The number of benzene rings is 1. The third kappa shape index (κ3) is 4.42. The summed E-state index contributed by atoms with van der Waals surface area (Å²) >= 11 is 0. The molecular formula is C23H30N4O2. The maximum Gasteiger partial charge on any atom is 0.227 e. The summed E-state index contributed by atoms with van der Waals surface area (Å²) in [6, 6.07) is 5.96. The zero-order valence-electron chi connectivity index (χ0n) is 17.6. The number of ether oxygens (including phenoxy) is 1. The van der Waals surface area contributed by atoms with Gasteiger partial charge in [0.1, 0.15) is 11.6 Å². The molecule has 0 saturated carbocycles. The quantitative estimate of drug-likeness (QED) is 0.798. The molecule has 1 atom stereocenters. The summed E-state index contributed by atoms with van der Waals surface area (Å²) in [6.07, 6.45) is 5.45. The fraction of sp³-hybridized carbons (Fsp3) is 0.522. The van der Waals surface area contributed by atoms with E-state index in [1.54, 1.807) is 7.11 Å². The number of likely N-dealkylation sites (N-methyl/N-ethyl adjacent to an activating group) is 1. The highest BCUT2D eigenvalue weighted by Gasteiger charge is 2.27. The van der Waals surface area contributed by atoms with Gasteiger partial charge in [0.05, 0.1) is 13.5 Å². The van der Waals surface area contributed by atoms with Crippen LogP contribution in [0.15, 0.2) is 24.4 Å². The van der Waals surface area contributed by atoms with Gasteiger partial charge in [-0.2, -0.15) is 0 Å². The predicted molar refractivity (Wildman–Crippen MR) is 112 cm³/mol. The topological polar surface area (TPSA) is 58.6 Å². The van der Waals surface area contributed by atoms with Crippen LogP contribution in [0.3, 0.4) is 0 Å². The van der Waals surface area contributed by atoms with Crippen LogP contribution in [0.2, 0.25) is 0 Å². The van der Waals surface area contributed by atoms with Gasteiger partial charge in [0, 0.05) is 56.0 Å². The summed E-state index contributed by atoms with van der Waals surface area (Å²) in [4.78, 5) is 26.8. The Hall–Kier alpha value is -2.47. The molecule has 1 aromatic heterocycles. The van der Waals surface area contributed by atoms with E-state index in [9.17, 15) is 4.79 Å². The fourth-order valence-electron chi connectivity index (χ4n) is 4.42. The van der Waals surface area contributed by atoms with Crippen molar-refractivity contribution in [3.63, 3.8) is 0 Å². The molecule has 2 aromatic rings. The number of hydrogen-bond acceptors (Lipinski definition) is 5. The minimum Gasteiger partial charge on any atom is -0.496 e. The highest BCUT2D eigenvalue weighted by molar-refractivity contribution is 5.79. The van der Waals surface area contributed by atoms with Crippen molar-refractivity contribution in [3.05, 3.63) is 52.6 Å². The highest BCUT2D eigenvalue weighted by atomic mass is 16.5. The second-order valence-electron chi connectivity index (χ2n) is 8.35. The van der Waals surface area contributed by atoms with Gasteiger partial charge in [-0.1, -0.05) is 12.1 Å². The highest BCUT2D eigenvalue weighted by Crippen LogP contribution is 2.27. The van der Waals surface area contributed by atoms with Gasteiger partial charge in [-0.3, -0.25) is 4.79 Å². The number of aryl methyl sites for hydroxylation is 1. The molecule has 1 aromatic carbocycles. The maximum absolute atomic E-state index is 12.9. The lowest BCUT2D eigenvalue weighted by atomic mass is 9.95. The number of amides is 1. The number of piperidine rings is 1. The van der Waals surface area contributed by atoms with E-state index < -0.39 is 0 Å². The van der Waals surface area contributed by atoms with E-state index >= 15 is 0 Å². The molecule has 0 bridgehead atoms. The number of methoxy groups -OCH3 is 1. The smallest absolute Gasteiger partial charge is 0.227 e. The van der Waals surface area contributed by atoms with E-state index in [1.165, 1.54) is 11.3 Å². The van der Waals surface area contributed by atoms with Crippen LogP contribution in [0.1, 0.15) is 47.0 Å². The largest absolute Gasteiger partial charge is 0.496 e. The van der Waals surface area contributed by atoms with Gasteiger partial charge < -0.3 is 14.5 Å². The Morgan fingerprint density at radius 3 is 2.97 bits per heavy atom. The number of likely N-dealkylation sites (tertiary alicyclic amines) is 1. The van der Waals surface area contributed by atoms with Crippen LogP contribution in [0, 0.1) is 6.92 Å². The molecule has 6 heteroatoms. The van der Waals surface area contributed by atoms with Crippen molar-refractivity contribution < 1.29 is 9.53 Å². The van der Waals surface area contributed by atoms with Crippen LogP contribution in [-0.2, 0) is 24.2 Å². The van der Waals surface area contributed by atoms with Crippen LogP contribution >= 0.6 is 0 Å². The molecule has 1 fully saturated rings. The lowest BCUT2D eigenvalue weighted by Crippen LogP contribution is -2.40. The van der Waals surface area contributed by atoms with Crippen molar-refractivity contribution in [2.75, 3.05) is 33.8 Å². The molecule has 2 aliphatic heterocycles. The zero-order chi connectivity index (χ0) is 20.4. The normalized spacial score (nSPS) is 19.7. The molecule has 0 N–H and O–H groups in total. The number of aromatic nitrogens is 2. The Kier molecular flexibility index (Phi) is 5.81. The average Bonchev–Trinajstić information content (AvgIpc) is 2.73. The second-order valence-corrected chi connectivity index (χ2v) is 8.35. The summed E-state index contributed by atoms with van der Waals surface area (Å²) in [7, 11) is 3.80. The first kappa shape index (κ1) is 19.8. The molecule has 1 amide bonds. The second kappa shape index (κ2) is 8.49. The lowest BCUT2D eigenvalue weighted by molar-refractivity contribution is -0.131. The maximum atomic E-state index is 12.9. The van der Waals surface area contributed by atoms with Crippen LogP contribution < -0.4 is 4.74 Å². The molecule has 154 valence electrons. The van der Waals surface area contributed by atoms with E-state index in [-0.39, 0.29) is 11.8 Å². The number of carbonyl (C=O) groups is 1. The van der Waals surface area contributed by atoms with Gasteiger partial charge in [0.25, 0.3) is 0 Å². The van der Waals surface area contributed by atoms with E-state index in [0.29, 0.717) is 13.0 Å². The number of nitrogens with zero attached hydrogens (tertiary/aromatic N) is 4. The first-order valence-corrected chi connectivity index (χ1v) is 10.5.